The second kappa shape index (κ2) is 44.5. The summed E-state index contributed by atoms with van der Waals surface area (Å²) in [6.07, 6.45) is 29.2. The first-order valence-corrected chi connectivity index (χ1v) is 27.1. The summed E-state index contributed by atoms with van der Waals surface area (Å²) >= 11 is 0. The molecular weight excluding hydrogens is 1080 g/mol. The highest BCUT2D eigenvalue weighted by Gasteiger charge is 1.91. The molecule has 11 rings (SSSR count). The van der Waals surface area contributed by atoms with Crippen molar-refractivity contribution in [1.29, 1.82) is 0 Å². The predicted molar refractivity (Wildman–Crippen MR) is 337 cm³/mol. The molecule has 0 aliphatic rings. The highest BCUT2D eigenvalue weighted by Crippen LogP contribution is 1.98. The van der Waals surface area contributed by atoms with E-state index >= 15 is 0 Å². The van der Waals surface area contributed by atoms with Crippen molar-refractivity contribution >= 4 is 0 Å². The first-order chi connectivity index (χ1) is 40.9. The molecule has 0 aliphatic carbocycles. The average molecular weight is 1160 g/mol. The number of hydrogen-bond donors (Lipinski definition) is 0. The van der Waals surface area contributed by atoms with Crippen LogP contribution in [-0.4, -0.2) is 110 Å². The van der Waals surface area contributed by atoms with E-state index in [1.54, 1.807) is 68.3 Å². The predicted octanol–water partition coefficient (Wildman–Crippen LogP) is 11.4. The zero-order valence-electron chi connectivity index (χ0n) is 53.7. The Balaban J connectivity index is 0.000000473. The lowest BCUT2D eigenvalue weighted by atomic mass is 10.3. The smallest absolute Gasteiger partial charge is 0.125 e. The van der Waals surface area contributed by atoms with Gasteiger partial charge in [0.1, 0.15) is 48.1 Å². The van der Waals surface area contributed by atoms with Crippen LogP contribution >= 0.6 is 0 Å². The van der Waals surface area contributed by atoms with Crippen molar-refractivity contribution in [1.82, 2.24) is 110 Å². The molecular formula is C64H84N22. The maximum Gasteiger partial charge on any atom is 0.125 e. The van der Waals surface area contributed by atoms with Crippen LogP contribution in [0, 0.1) is 138 Å². The fraction of sp³-hybridized carbons (Fsp3) is 0.312. The minimum absolute atomic E-state index is 0.829. The molecule has 0 N–H and O–H groups in total. The van der Waals surface area contributed by atoms with Gasteiger partial charge in [0.25, 0.3) is 0 Å². The SMILES string of the molecule is Cc1cc(C)nc(C)n1.Cc1cc(C)ncn1.Cc1ccc(C)nn1.Cc1ccnc(C)n1.Cc1ccnc(C)n1.Cc1ccncn1.Cc1cnc(C)cn1.Cc1cnc(C)nc1.Cc1cnc(C)nc1.Cc1cnccn1.Cc1cncnc1. The van der Waals surface area contributed by atoms with E-state index in [-0.39, 0.29) is 0 Å². The van der Waals surface area contributed by atoms with Crippen LogP contribution in [0.1, 0.15) is 114 Å². The Morgan fingerprint density at radius 1 is 0.198 bits per heavy atom. The summed E-state index contributed by atoms with van der Waals surface area (Å²) in [6, 6.07) is 13.4. The van der Waals surface area contributed by atoms with Gasteiger partial charge in [0.05, 0.1) is 28.5 Å². The average Bonchev–Trinajstić information content (AvgIpc) is 3.50. The molecule has 0 fully saturated rings. The molecule has 0 saturated carbocycles. The molecule has 22 nitrogen and oxygen atoms in total. The Kier molecular flexibility index (Phi) is 38.2. The molecule has 0 spiro atoms. The lowest BCUT2D eigenvalue weighted by Crippen LogP contribution is -1.91. The van der Waals surface area contributed by atoms with Gasteiger partial charge in [-0.2, -0.15) is 10.2 Å². The van der Waals surface area contributed by atoms with E-state index in [0.29, 0.717) is 0 Å². The van der Waals surface area contributed by atoms with Crippen LogP contribution in [0.25, 0.3) is 0 Å². The summed E-state index contributed by atoms with van der Waals surface area (Å²) < 4.78 is 0. The number of aryl methyl sites for hydroxylation is 20. The van der Waals surface area contributed by atoms with Crippen molar-refractivity contribution in [3.8, 4) is 0 Å². The topological polar surface area (TPSA) is 284 Å². The largest absolute Gasteiger partial charge is 0.261 e. The van der Waals surface area contributed by atoms with E-state index in [9.17, 15) is 0 Å². The highest BCUT2D eigenvalue weighted by atomic mass is 15.1. The standard InChI is InChI=1S/C7H10N2.7C6H8N2.3C5H6N2/c1-5-4-6(2)9-7(3)8-5;1-5-3-8-6(2)4-7-5;1-5-3-6(2)8-4-7-5;2*1-5-3-7-6(2)8-4-5;2*1-5-3-4-7-6(2)8-5;1-5-3-4-6(2)8-7-5;1-5-2-6-4-7-3-5;1-5-4-6-2-3-7-5;1-5-2-3-6-4-7-5/h4H,1-3H3;7*3-4H,1-2H3;3*2-4H,1H3. The van der Waals surface area contributed by atoms with Gasteiger partial charge < -0.3 is 0 Å². The summed E-state index contributed by atoms with van der Waals surface area (Å²) in [7, 11) is 0. The fourth-order valence-electron chi connectivity index (χ4n) is 5.58. The van der Waals surface area contributed by atoms with Gasteiger partial charge in [0.15, 0.2) is 0 Å². The van der Waals surface area contributed by atoms with Gasteiger partial charge in [-0.25, -0.2) is 79.7 Å². The van der Waals surface area contributed by atoms with Crippen LogP contribution in [0.15, 0.2) is 148 Å². The van der Waals surface area contributed by atoms with Gasteiger partial charge in [-0.05, 0) is 198 Å². The van der Waals surface area contributed by atoms with E-state index in [1.807, 2.05) is 206 Å². The number of hydrogen-bond acceptors (Lipinski definition) is 22. The number of rotatable bonds is 0. The molecule has 11 aromatic rings. The molecule has 0 unspecified atom stereocenters. The second-order valence-corrected chi connectivity index (χ2v) is 18.8. The molecule has 0 radical (unpaired) electrons. The van der Waals surface area contributed by atoms with Crippen LogP contribution in [0.3, 0.4) is 0 Å². The molecule has 450 valence electrons. The molecule has 86 heavy (non-hydrogen) atoms. The highest BCUT2D eigenvalue weighted by molar-refractivity contribution is 5.08. The number of aromatic nitrogens is 22. The number of nitrogens with zero attached hydrogens (tertiary/aromatic N) is 22. The maximum atomic E-state index is 4.12. The molecule has 0 atom stereocenters. The second-order valence-electron chi connectivity index (χ2n) is 18.8. The van der Waals surface area contributed by atoms with Crippen LogP contribution in [0.5, 0.6) is 0 Å². The van der Waals surface area contributed by atoms with Crippen LogP contribution < -0.4 is 0 Å². The van der Waals surface area contributed by atoms with Gasteiger partial charge in [0.2, 0.25) is 0 Å². The Bertz CT molecular complexity index is 2900. The lowest BCUT2D eigenvalue weighted by Gasteiger charge is -1.95. The van der Waals surface area contributed by atoms with E-state index < -0.39 is 0 Å². The summed E-state index contributed by atoms with van der Waals surface area (Å²) in [4.78, 5) is 78.9. The summed E-state index contributed by atoms with van der Waals surface area (Å²) in [5.74, 6) is 4.19. The van der Waals surface area contributed by atoms with E-state index in [2.05, 4.69) is 110 Å². The van der Waals surface area contributed by atoms with Gasteiger partial charge >= 0.3 is 0 Å². The zero-order valence-corrected chi connectivity index (χ0v) is 53.7. The maximum absolute atomic E-state index is 4.12. The minimum atomic E-state index is 0.829. The fourth-order valence-corrected chi connectivity index (χ4v) is 5.58. The molecule has 22 heteroatoms. The molecule has 11 aromatic heterocycles. The van der Waals surface area contributed by atoms with Gasteiger partial charge in [-0.3, -0.25) is 19.9 Å². The Morgan fingerprint density at radius 2 is 0.593 bits per heavy atom. The van der Waals surface area contributed by atoms with E-state index in [1.165, 1.54) is 12.7 Å². The first kappa shape index (κ1) is 73.9. The van der Waals surface area contributed by atoms with Crippen molar-refractivity contribution < 1.29 is 0 Å². The third kappa shape index (κ3) is 42.7. The summed E-state index contributed by atoms with van der Waals surface area (Å²) in [5, 5.41) is 7.66. The minimum Gasteiger partial charge on any atom is -0.261 e. The van der Waals surface area contributed by atoms with Crippen molar-refractivity contribution in [2.75, 3.05) is 0 Å². The third-order valence-electron chi connectivity index (χ3n) is 9.64. The Hall–Kier alpha value is -10.1. The van der Waals surface area contributed by atoms with Crippen molar-refractivity contribution in [3.63, 3.8) is 0 Å². The van der Waals surface area contributed by atoms with Crippen LogP contribution in [0.2, 0.25) is 0 Å². The lowest BCUT2D eigenvalue weighted by molar-refractivity contribution is 0.941. The quantitative estimate of drug-likeness (QED) is 0.136. The Morgan fingerprint density at radius 3 is 0.837 bits per heavy atom. The van der Waals surface area contributed by atoms with Crippen molar-refractivity contribution in [3.05, 3.63) is 262 Å². The Labute approximate surface area is 508 Å². The van der Waals surface area contributed by atoms with Crippen LogP contribution in [0.4, 0.5) is 0 Å². The first-order valence-electron chi connectivity index (χ1n) is 27.1. The van der Waals surface area contributed by atoms with E-state index in [4.69, 9.17) is 0 Å². The normalized spacial score (nSPS) is 9.16. The molecule has 0 bridgehead atoms. The molecule has 0 aromatic carbocycles. The monoisotopic (exact) mass is 1160 g/mol. The van der Waals surface area contributed by atoms with Crippen molar-refractivity contribution in [2.45, 2.75) is 138 Å². The van der Waals surface area contributed by atoms with E-state index in [0.717, 1.165) is 114 Å². The van der Waals surface area contributed by atoms with Gasteiger partial charge in [-0.15, -0.1) is 0 Å². The van der Waals surface area contributed by atoms with Gasteiger partial charge in [-0.1, -0.05) is 0 Å². The molecule has 11 heterocycles. The third-order valence-corrected chi connectivity index (χ3v) is 9.64. The van der Waals surface area contributed by atoms with Crippen molar-refractivity contribution in [2.24, 2.45) is 0 Å². The summed E-state index contributed by atoms with van der Waals surface area (Å²) in [5.41, 5.74) is 15.3. The molecule has 0 saturated heterocycles. The zero-order chi connectivity index (χ0) is 64.1. The van der Waals surface area contributed by atoms with Crippen LogP contribution in [-0.2, 0) is 0 Å². The summed E-state index contributed by atoms with van der Waals surface area (Å²) in [6.45, 7) is 38.6. The van der Waals surface area contributed by atoms with Gasteiger partial charge in [0, 0.05) is 127 Å². The molecule has 0 amide bonds. The molecule has 0 aliphatic heterocycles.